The van der Waals surface area contributed by atoms with Crippen LogP contribution in [-0.2, 0) is 10.2 Å². The van der Waals surface area contributed by atoms with Crippen LogP contribution in [0, 0.1) is 6.92 Å². The lowest BCUT2D eigenvalue weighted by molar-refractivity contribution is -0.121. The highest BCUT2D eigenvalue weighted by Crippen LogP contribution is 2.29. The van der Waals surface area contributed by atoms with Gasteiger partial charge in [-0.2, -0.15) is 0 Å². The van der Waals surface area contributed by atoms with Crippen molar-refractivity contribution in [3.05, 3.63) is 53.2 Å². The first-order chi connectivity index (χ1) is 9.70. The van der Waals surface area contributed by atoms with E-state index in [1.54, 1.807) is 6.92 Å². The lowest BCUT2D eigenvalue weighted by atomic mass is 9.78. The molecule has 112 valence electrons. The Bertz CT molecular complexity index is 618. The number of hydrogen-bond acceptors (Lipinski definition) is 2. The third kappa shape index (κ3) is 4.01. The van der Waals surface area contributed by atoms with E-state index in [0.29, 0.717) is 0 Å². The second-order valence-electron chi connectivity index (χ2n) is 5.95. The van der Waals surface area contributed by atoms with Gasteiger partial charge in [0.15, 0.2) is 0 Å². The third-order valence-electron chi connectivity index (χ3n) is 3.85. The smallest absolute Gasteiger partial charge is 0.139 e. The monoisotopic (exact) mass is 283 g/mol. The first-order valence-corrected chi connectivity index (χ1v) is 7.18. The van der Waals surface area contributed by atoms with Crippen molar-refractivity contribution in [2.24, 2.45) is 4.99 Å². The lowest BCUT2D eigenvalue weighted by Gasteiger charge is -2.24. The SMILES string of the molecule is C=C(C)/N=C\C(=C/C)c1ccc(C(C)(C)C(C)=O)c(C)c1. The molecule has 0 aliphatic carbocycles. The number of hydrogen-bond donors (Lipinski definition) is 0. The van der Waals surface area contributed by atoms with E-state index in [9.17, 15) is 4.79 Å². The van der Waals surface area contributed by atoms with Crippen molar-refractivity contribution in [3.63, 3.8) is 0 Å². The molecular formula is C19H25NO. The van der Waals surface area contributed by atoms with Gasteiger partial charge in [-0.1, -0.05) is 30.9 Å². The standard InChI is InChI=1S/C19H25NO/c1-8-16(12-20-13(2)3)17-9-10-18(14(4)11-17)19(6,7)15(5)21/h8-12H,2H2,1,3-7H3/b16-8+,20-12-. The van der Waals surface area contributed by atoms with Crippen molar-refractivity contribution in [3.8, 4) is 0 Å². The molecule has 0 amide bonds. The highest BCUT2D eigenvalue weighted by atomic mass is 16.1. The molecule has 1 aromatic rings. The van der Waals surface area contributed by atoms with E-state index in [1.807, 2.05) is 59.0 Å². The molecule has 0 radical (unpaired) electrons. The van der Waals surface area contributed by atoms with Crippen LogP contribution in [0.1, 0.15) is 51.3 Å². The van der Waals surface area contributed by atoms with Crippen LogP contribution in [-0.4, -0.2) is 12.0 Å². The Balaban J connectivity index is 3.25. The fourth-order valence-electron chi connectivity index (χ4n) is 2.23. The van der Waals surface area contributed by atoms with E-state index in [2.05, 4.69) is 17.6 Å². The van der Waals surface area contributed by atoms with Crippen molar-refractivity contribution in [1.29, 1.82) is 0 Å². The Morgan fingerprint density at radius 3 is 2.33 bits per heavy atom. The molecule has 0 aliphatic heterocycles. The molecular weight excluding hydrogens is 258 g/mol. The molecule has 1 rings (SSSR count). The number of benzene rings is 1. The minimum atomic E-state index is -0.454. The van der Waals surface area contributed by atoms with Gasteiger partial charge in [0.25, 0.3) is 0 Å². The topological polar surface area (TPSA) is 29.4 Å². The summed E-state index contributed by atoms with van der Waals surface area (Å²) in [7, 11) is 0. The Morgan fingerprint density at radius 1 is 1.29 bits per heavy atom. The maximum absolute atomic E-state index is 11.8. The van der Waals surface area contributed by atoms with Crippen LogP contribution >= 0.6 is 0 Å². The summed E-state index contributed by atoms with van der Waals surface area (Å²) in [5.41, 5.74) is 4.67. The van der Waals surface area contributed by atoms with Crippen LogP contribution in [0.5, 0.6) is 0 Å². The molecule has 0 bridgehead atoms. The second kappa shape index (κ2) is 6.66. The Kier molecular flexibility index (Phi) is 5.42. The molecule has 21 heavy (non-hydrogen) atoms. The molecule has 1 aromatic carbocycles. The van der Waals surface area contributed by atoms with E-state index in [1.165, 1.54) is 0 Å². The lowest BCUT2D eigenvalue weighted by Crippen LogP contribution is -2.27. The van der Waals surface area contributed by atoms with Crippen molar-refractivity contribution in [1.82, 2.24) is 0 Å². The van der Waals surface area contributed by atoms with E-state index in [-0.39, 0.29) is 5.78 Å². The first-order valence-electron chi connectivity index (χ1n) is 7.18. The van der Waals surface area contributed by atoms with Crippen LogP contribution in [0.2, 0.25) is 0 Å². The number of ketones is 1. The molecule has 0 heterocycles. The van der Waals surface area contributed by atoms with Gasteiger partial charge in [0.05, 0.1) is 0 Å². The van der Waals surface area contributed by atoms with E-state index in [4.69, 9.17) is 0 Å². The zero-order valence-corrected chi connectivity index (χ0v) is 13.9. The molecule has 2 nitrogen and oxygen atoms in total. The van der Waals surface area contributed by atoms with Gasteiger partial charge in [0.2, 0.25) is 0 Å². The number of aliphatic imine (C=N–C) groups is 1. The van der Waals surface area contributed by atoms with Crippen LogP contribution in [0.15, 0.2) is 41.5 Å². The Hall–Kier alpha value is -1.96. The van der Waals surface area contributed by atoms with Gasteiger partial charge in [-0.15, -0.1) is 0 Å². The molecule has 0 saturated carbocycles. The zero-order valence-electron chi connectivity index (χ0n) is 13.9. The summed E-state index contributed by atoms with van der Waals surface area (Å²) in [5.74, 6) is 0.174. The van der Waals surface area contributed by atoms with Gasteiger partial charge in [0.1, 0.15) is 5.78 Å². The summed E-state index contributed by atoms with van der Waals surface area (Å²) >= 11 is 0. The van der Waals surface area contributed by atoms with Crippen LogP contribution in [0.25, 0.3) is 5.57 Å². The molecule has 0 N–H and O–H groups in total. The minimum absolute atomic E-state index is 0.174. The quantitative estimate of drug-likeness (QED) is 0.709. The summed E-state index contributed by atoms with van der Waals surface area (Å²) < 4.78 is 0. The second-order valence-corrected chi connectivity index (χ2v) is 5.95. The third-order valence-corrected chi connectivity index (χ3v) is 3.85. The highest BCUT2D eigenvalue weighted by molar-refractivity contribution is 6.10. The van der Waals surface area contributed by atoms with Gasteiger partial charge >= 0.3 is 0 Å². The largest absolute Gasteiger partial charge is 0.299 e. The van der Waals surface area contributed by atoms with E-state index >= 15 is 0 Å². The van der Waals surface area contributed by atoms with E-state index in [0.717, 1.165) is 28.0 Å². The number of aryl methyl sites for hydroxylation is 1. The molecule has 0 aromatic heterocycles. The van der Waals surface area contributed by atoms with Gasteiger partial charge in [-0.05, 0) is 63.8 Å². The van der Waals surface area contributed by atoms with Crippen LogP contribution < -0.4 is 0 Å². The van der Waals surface area contributed by atoms with Crippen molar-refractivity contribution < 1.29 is 4.79 Å². The van der Waals surface area contributed by atoms with Gasteiger partial charge in [-0.25, -0.2) is 0 Å². The summed E-state index contributed by atoms with van der Waals surface area (Å²) in [6, 6.07) is 6.21. The number of carbonyl (C=O) groups is 1. The normalized spacial score (nSPS) is 12.8. The predicted molar refractivity (Wildman–Crippen MR) is 91.8 cm³/mol. The van der Waals surface area contributed by atoms with Gasteiger partial charge < -0.3 is 0 Å². The maximum atomic E-state index is 11.8. The number of carbonyl (C=O) groups excluding carboxylic acids is 1. The molecule has 0 atom stereocenters. The Morgan fingerprint density at radius 2 is 1.90 bits per heavy atom. The van der Waals surface area contributed by atoms with Crippen molar-refractivity contribution in [2.45, 2.75) is 47.0 Å². The zero-order chi connectivity index (χ0) is 16.2. The Labute approximate surface area is 128 Å². The van der Waals surface area contributed by atoms with Crippen molar-refractivity contribution in [2.75, 3.05) is 0 Å². The van der Waals surface area contributed by atoms with Crippen molar-refractivity contribution >= 4 is 17.6 Å². The molecule has 0 spiro atoms. The van der Waals surface area contributed by atoms with Gasteiger partial charge in [0, 0.05) is 17.3 Å². The molecule has 0 saturated heterocycles. The van der Waals surface area contributed by atoms with Crippen LogP contribution in [0.4, 0.5) is 0 Å². The number of rotatable bonds is 5. The summed E-state index contributed by atoms with van der Waals surface area (Å²) in [6.07, 6.45) is 3.85. The number of allylic oxidation sites excluding steroid dienone is 3. The number of Topliss-reactive ketones (excluding diaryl/α,β-unsaturated/α-hetero) is 1. The highest BCUT2D eigenvalue weighted by Gasteiger charge is 2.27. The predicted octanol–water partition coefficient (Wildman–Crippen LogP) is 4.87. The maximum Gasteiger partial charge on any atom is 0.139 e. The summed E-state index contributed by atoms with van der Waals surface area (Å²) in [4.78, 5) is 16.1. The fraction of sp³-hybridized carbons (Fsp3) is 0.368. The summed E-state index contributed by atoms with van der Waals surface area (Å²) in [5, 5.41) is 0. The average Bonchev–Trinajstić information content (AvgIpc) is 2.38. The fourth-order valence-corrected chi connectivity index (χ4v) is 2.23. The molecule has 2 heteroatoms. The molecule has 0 unspecified atom stereocenters. The molecule has 0 fully saturated rings. The van der Waals surface area contributed by atoms with Gasteiger partial charge in [-0.3, -0.25) is 9.79 Å². The molecule has 0 aliphatic rings. The first kappa shape index (κ1) is 17.1. The number of nitrogens with zero attached hydrogens (tertiary/aromatic N) is 1. The summed E-state index contributed by atoms with van der Waals surface area (Å²) in [6.45, 7) is 15.3. The van der Waals surface area contributed by atoms with Crippen LogP contribution in [0.3, 0.4) is 0 Å². The average molecular weight is 283 g/mol. The van der Waals surface area contributed by atoms with E-state index < -0.39 is 5.41 Å². The minimum Gasteiger partial charge on any atom is -0.299 e.